The fourth-order valence-electron chi connectivity index (χ4n) is 3.49. The van der Waals surface area contributed by atoms with Gasteiger partial charge in [0.05, 0.1) is 0 Å². The van der Waals surface area contributed by atoms with Gasteiger partial charge < -0.3 is 9.80 Å². The number of aromatic nitrogens is 3. The van der Waals surface area contributed by atoms with Gasteiger partial charge in [-0.1, -0.05) is 6.07 Å². The highest BCUT2D eigenvalue weighted by Crippen LogP contribution is 2.20. The monoisotopic (exact) mass is 341 g/mol. The summed E-state index contributed by atoms with van der Waals surface area (Å²) >= 11 is 0. The molecule has 6 heteroatoms. The lowest BCUT2D eigenvalue weighted by molar-refractivity contribution is -0.133. The molecular formula is C19H27N5O. The van der Waals surface area contributed by atoms with Gasteiger partial charge in [0.15, 0.2) is 0 Å². The zero-order valence-electron chi connectivity index (χ0n) is 14.9. The molecule has 0 spiro atoms. The smallest absolute Gasteiger partial charge is 0.223 e. The van der Waals surface area contributed by atoms with Crippen molar-refractivity contribution in [2.75, 3.05) is 26.7 Å². The Hall–Kier alpha value is -2.21. The number of rotatable bonds is 7. The minimum Gasteiger partial charge on any atom is -0.342 e. The van der Waals surface area contributed by atoms with Crippen molar-refractivity contribution in [3.63, 3.8) is 0 Å². The molecule has 3 rings (SSSR count). The third-order valence-corrected chi connectivity index (χ3v) is 4.82. The molecule has 0 unspecified atom stereocenters. The molecule has 2 aromatic rings. The highest BCUT2D eigenvalue weighted by atomic mass is 16.2. The average molecular weight is 341 g/mol. The minimum atomic E-state index is 0.271. The van der Waals surface area contributed by atoms with E-state index in [4.69, 9.17) is 0 Å². The van der Waals surface area contributed by atoms with Crippen molar-refractivity contribution in [1.82, 2.24) is 25.0 Å². The second-order valence-corrected chi connectivity index (χ2v) is 6.98. The van der Waals surface area contributed by atoms with Crippen molar-refractivity contribution in [2.24, 2.45) is 5.92 Å². The van der Waals surface area contributed by atoms with Gasteiger partial charge in [0.2, 0.25) is 5.91 Å². The summed E-state index contributed by atoms with van der Waals surface area (Å²) in [5.74, 6) is 0.804. The molecule has 1 atom stereocenters. The lowest BCUT2D eigenvalue weighted by Crippen LogP contribution is -2.41. The lowest BCUT2D eigenvalue weighted by atomic mass is 9.93. The molecule has 0 saturated carbocycles. The highest BCUT2D eigenvalue weighted by molar-refractivity contribution is 5.76. The summed E-state index contributed by atoms with van der Waals surface area (Å²) in [5.41, 5.74) is 2.34. The van der Waals surface area contributed by atoms with Crippen LogP contribution in [0.1, 0.15) is 30.5 Å². The molecular weight excluding hydrogens is 314 g/mol. The first-order valence-electron chi connectivity index (χ1n) is 9.04. The summed E-state index contributed by atoms with van der Waals surface area (Å²) in [6, 6.07) is 6.03. The molecule has 1 fully saturated rings. The number of amides is 1. The molecule has 1 aliphatic heterocycles. The SMILES string of the molecule is CN(CCC(=O)N1CCC[C@@H](Cc2ccn[nH]2)C1)Cc1cccnc1. The number of likely N-dealkylation sites (tertiary alicyclic amines) is 1. The van der Waals surface area contributed by atoms with Crippen LogP contribution in [-0.4, -0.2) is 57.6 Å². The molecule has 0 aromatic carbocycles. The third kappa shape index (κ3) is 5.39. The number of aromatic amines is 1. The van der Waals surface area contributed by atoms with Gasteiger partial charge in [-0.3, -0.25) is 14.9 Å². The quantitative estimate of drug-likeness (QED) is 0.838. The number of carbonyl (C=O) groups excluding carboxylic acids is 1. The van der Waals surface area contributed by atoms with Crippen molar-refractivity contribution in [2.45, 2.75) is 32.2 Å². The van der Waals surface area contributed by atoms with E-state index in [2.05, 4.69) is 33.2 Å². The van der Waals surface area contributed by atoms with Crippen LogP contribution < -0.4 is 0 Å². The maximum Gasteiger partial charge on any atom is 0.223 e. The number of pyridine rings is 1. The highest BCUT2D eigenvalue weighted by Gasteiger charge is 2.24. The van der Waals surface area contributed by atoms with E-state index in [9.17, 15) is 4.79 Å². The van der Waals surface area contributed by atoms with Crippen LogP contribution in [-0.2, 0) is 17.8 Å². The molecule has 0 aliphatic carbocycles. The Bertz CT molecular complexity index is 643. The number of hydrogen-bond acceptors (Lipinski definition) is 4. The first kappa shape index (κ1) is 17.6. The Kier molecular flexibility index (Phi) is 6.17. The first-order chi connectivity index (χ1) is 12.2. The summed E-state index contributed by atoms with van der Waals surface area (Å²) in [4.78, 5) is 20.9. The van der Waals surface area contributed by atoms with E-state index in [0.29, 0.717) is 12.3 Å². The Morgan fingerprint density at radius 1 is 1.40 bits per heavy atom. The van der Waals surface area contributed by atoms with Crippen molar-refractivity contribution in [3.8, 4) is 0 Å². The van der Waals surface area contributed by atoms with E-state index in [0.717, 1.165) is 44.7 Å². The maximum absolute atomic E-state index is 12.6. The van der Waals surface area contributed by atoms with Crippen LogP contribution in [0.15, 0.2) is 36.8 Å². The summed E-state index contributed by atoms with van der Waals surface area (Å²) in [7, 11) is 2.05. The molecule has 0 bridgehead atoms. The Morgan fingerprint density at radius 2 is 2.32 bits per heavy atom. The number of carbonyl (C=O) groups is 1. The van der Waals surface area contributed by atoms with Crippen LogP contribution in [0, 0.1) is 5.92 Å². The second-order valence-electron chi connectivity index (χ2n) is 6.98. The Labute approximate surface area is 149 Å². The first-order valence-corrected chi connectivity index (χ1v) is 9.04. The van der Waals surface area contributed by atoms with E-state index in [-0.39, 0.29) is 5.91 Å². The van der Waals surface area contributed by atoms with E-state index < -0.39 is 0 Å². The van der Waals surface area contributed by atoms with E-state index >= 15 is 0 Å². The van der Waals surface area contributed by atoms with Gasteiger partial charge in [-0.25, -0.2) is 0 Å². The molecule has 0 radical (unpaired) electrons. The molecule has 6 nitrogen and oxygen atoms in total. The molecule has 1 saturated heterocycles. The fourth-order valence-corrected chi connectivity index (χ4v) is 3.49. The molecule has 2 aromatic heterocycles. The molecule has 3 heterocycles. The third-order valence-electron chi connectivity index (χ3n) is 4.82. The molecule has 134 valence electrons. The zero-order chi connectivity index (χ0) is 17.5. The van der Waals surface area contributed by atoms with Gasteiger partial charge in [0.1, 0.15) is 0 Å². The predicted octanol–water partition coefficient (Wildman–Crippen LogP) is 2.11. The van der Waals surface area contributed by atoms with Crippen molar-refractivity contribution in [1.29, 1.82) is 0 Å². The molecule has 1 N–H and O–H groups in total. The van der Waals surface area contributed by atoms with Crippen LogP contribution in [0.5, 0.6) is 0 Å². The summed E-state index contributed by atoms with van der Waals surface area (Å²) < 4.78 is 0. The Morgan fingerprint density at radius 3 is 3.08 bits per heavy atom. The topological polar surface area (TPSA) is 65.1 Å². The number of H-pyrrole nitrogens is 1. The van der Waals surface area contributed by atoms with E-state index in [1.807, 2.05) is 23.2 Å². The van der Waals surface area contributed by atoms with Gasteiger partial charge in [0, 0.05) is 56.9 Å². The van der Waals surface area contributed by atoms with Crippen molar-refractivity contribution < 1.29 is 4.79 Å². The predicted molar refractivity (Wildman–Crippen MR) is 96.8 cm³/mol. The number of nitrogens with zero attached hydrogens (tertiary/aromatic N) is 4. The zero-order valence-corrected chi connectivity index (χ0v) is 14.9. The summed E-state index contributed by atoms with van der Waals surface area (Å²) in [5, 5.41) is 7.04. The number of hydrogen-bond donors (Lipinski definition) is 1. The second kappa shape index (κ2) is 8.76. The summed E-state index contributed by atoms with van der Waals surface area (Å²) in [6.07, 6.45) is 9.28. The summed E-state index contributed by atoms with van der Waals surface area (Å²) in [6.45, 7) is 3.35. The van der Waals surface area contributed by atoms with Gasteiger partial charge in [-0.05, 0) is 49.9 Å². The van der Waals surface area contributed by atoms with E-state index in [1.165, 1.54) is 12.0 Å². The minimum absolute atomic E-state index is 0.271. The standard InChI is InChI=1S/C19H27N5O/c1-23(14-17-4-2-8-20-13-17)11-7-19(25)24-10-3-5-16(15-24)12-18-6-9-21-22-18/h2,4,6,8-9,13,16H,3,5,7,10-12,14-15H2,1H3,(H,21,22)/t16-/m0/s1. The van der Waals surface area contributed by atoms with Gasteiger partial charge >= 0.3 is 0 Å². The number of nitrogens with one attached hydrogen (secondary N) is 1. The lowest BCUT2D eigenvalue weighted by Gasteiger charge is -2.33. The van der Waals surface area contributed by atoms with Gasteiger partial charge in [0.25, 0.3) is 0 Å². The largest absolute Gasteiger partial charge is 0.342 e. The van der Waals surface area contributed by atoms with Crippen LogP contribution in [0.4, 0.5) is 0 Å². The van der Waals surface area contributed by atoms with Gasteiger partial charge in [-0.15, -0.1) is 0 Å². The molecule has 25 heavy (non-hydrogen) atoms. The van der Waals surface area contributed by atoms with Gasteiger partial charge in [-0.2, -0.15) is 5.10 Å². The van der Waals surface area contributed by atoms with Crippen LogP contribution in [0.3, 0.4) is 0 Å². The molecule has 1 aliphatic rings. The van der Waals surface area contributed by atoms with Crippen molar-refractivity contribution in [3.05, 3.63) is 48.0 Å². The molecule has 1 amide bonds. The van der Waals surface area contributed by atoms with Crippen molar-refractivity contribution >= 4 is 5.91 Å². The van der Waals surface area contributed by atoms with Crippen LogP contribution in [0.25, 0.3) is 0 Å². The average Bonchev–Trinajstić information content (AvgIpc) is 3.14. The normalized spacial score (nSPS) is 17.8. The fraction of sp³-hybridized carbons (Fsp3) is 0.526. The van der Waals surface area contributed by atoms with Crippen LogP contribution >= 0.6 is 0 Å². The van der Waals surface area contributed by atoms with Crippen LogP contribution in [0.2, 0.25) is 0 Å². The Balaban J connectivity index is 1.42. The number of piperidine rings is 1. The van der Waals surface area contributed by atoms with E-state index in [1.54, 1.807) is 12.4 Å². The maximum atomic E-state index is 12.6.